The molecule has 0 saturated heterocycles. The molecule has 2 atom stereocenters. The molecule has 1 rings (SSSR count). The summed E-state index contributed by atoms with van der Waals surface area (Å²) in [7, 11) is -10.2. The third kappa shape index (κ3) is 7.64. The second-order valence-electron chi connectivity index (χ2n) is 4.91. The number of hydrogen-bond donors (Lipinski definition) is 4. The molecule has 14 heteroatoms. The van der Waals surface area contributed by atoms with Gasteiger partial charge in [0.1, 0.15) is 5.75 Å². The Kier molecular flexibility index (Phi) is 13.0. The molecular weight excluding hydrogens is 410 g/mol. The van der Waals surface area contributed by atoms with Crippen LogP contribution in [-0.4, -0.2) is 39.5 Å². The van der Waals surface area contributed by atoms with E-state index in [0.29, 0.717) is 5.75 Å². The largest absolute Gasteiger partial charge is 1.00 e. The Labute approximate surface area is 194 Å². The van der Waals surface area contributed by atoms with Crippen LogP contribution in [0, 0.1) is 0 Å². The van der Waals surface area contributed by atoms with E-state index in [0.717, 1.165) is 0 Å². The summed E-state index contributed by atoms with van der Waals surface area (Å²) in [4.78, 5) is 51.6. The van der Waals surface area contributed by atoms with Crippen LogP contribution in [0.15, 0.2) is 24.3 Å². The number of benzene rings is 1. The molecule has 0 heterocycles. The van der Waals surface area contributed by atoms with E-state index in [-0.39, 0.29) is 77.6 Å². The number of methoxy groups -OCH3 is 1. The Morgan fingerprint density at radius 1 is 1.23 bits per heavy atom. The van der Waals surface area contributed by atoms with E-state index in [1.54, 1.807) is 12.1 Å². The number of aliphatic hydroxyl groups is 1. The van der Waals surface area contributed by atoms with Crippen LogP contribution < -0.4 is 79.0 Å². The van der Waals surface area contributed by atoms with Gasteiger partial charge in [0, 0.05) is 12.1 Å². The molecule has 4 N–H and O–H groups in total. The van der Waals surface area contributed by atoms with E-state index < -0.39 is 32.6 Å². The zero-order valence-electron chi connectivity index (χ0n) is 14.6. The number of hydrogen-bond acceptors (Lipinski definition) is 7. The summed E-state index contributed by atoms with van der Waals surface area (Å²) in [6.45, 7) is -0.210. The maximum atomic E-state index is 11.9. The Hall–Kier alpha value is 0.750. The summed E-state index contributed by atoms with van der Waals surface area (Å²) >= 11 is 0. The molecule has 26 heavy (non-hydrogen) atoms. The van der Waals surface area contributed by atoms with Crippen LogP contribution in [0.4, 0.5) is 0 Å². The molecule has 10 nitrogen and oxygen atoms in total. The topological polar surface area (TPSA) is 179 Å². The van der Waals surface area contributed by atoms with Crippen molar-refractivity contribution in [1.82, 2.24) is 5.32 Å². The molecule has 1 aromatic rings. The summed E-state index contributed by atoms with van der Waals surface area (Å²) in [6, 6.07) is 6.14. The SMILES string of the molecule is COc1cccc(C(=O)NCCCC(O)(P(=O)([O-])O)P(=O)([O-])O)c1.[Na+].[Na+]. The van der Waals surface area contributed by atoms with E-state index in [1.807, 2.05) is 0 Å². The summed E-state index contributed by atoms with van der Waals surface area (Å²) in [5.41, 5.74) is 0.248. The normalized spacial score (nSPS) is 17.3. The minimum atomic E-state index is -5.79. The van der Waals surface area contributed by atoms with Crippen LogP contribution in [0.5, 0.6) is 5.75 Å². The number of carbonyl (C=O) groups is 1. The standard InChI is InChI=1S/C12H19NO9P2.2Na/c1-22-10-5-2-4-9(8-10)11(14)13-7-3-6-12(15,23(16,17)18)24(19,20)21;;/h2,4-5,8,15H,3,6-7H2,1H3,(H,13,14)(H2,16,17,18)(H2,19,20,21);;/q;2*+1/p-2. The van der Waals surface area contributed by atoms with E-state index in [4.69, 9.17) is 14.5 Å². The van der Waals surface area contributed by atoms with Gasteiger partial charge in [-0.2, -0.15) is 0 Å². The molecule has 0 saturated carbocycles. The van der Waals surface area contributed by atoms with E-state index in [1.165, 1.54) is 19.2 Å². The smallest absolute Gasteiger partial charge is 0.776 e. The molecule has 0 aliphatic rings. The van der Waals surface area contributed by atoms with Crippen LogP contribution >= 0.6 is 15.2 Å². The van der Waals surface area contributed by atoms with Gasteiger partial charge in [0.05, 0.1) is 7.11 Å². The van der Waals surface area contributed by atoms with Crippen molar-refractivity contribution in [1.29, 1.82) is 0 Å². The second kappa shape index (κ2) is 11.7. The molecule has 1 amide bonds. The Bertz CT molecular complexity index is 669. The van der Waals surface area contributed by atoms with E-state index in [9.17, 15) is 28.8 Å². The van der Waals surface area contributed by atoms with Crippen molar-refractivity contribution in [3.63, 3.8) is 0 Å². The van der Waals surface area contributed by atoms with Gasteiger partial charge in [-0.15, -0.1) is 0 Å². The maximum Gasteiger partial charge on any atom is 1.00 e. The molecule has 0 spiro atoms. The third-order valence-electron chi connectivity index (χ3n) is 3.21. The van der Waals surface area contributed by atoms with Gasteiger partial charge in [-0.1, -0.05) is 6.07 Å². The number of amides is 1. The first-order chi connectivity index (χ1) is 10.9. The predicted octanol–water partition coefficient (Wildman–Crippen LogP) is -7.05. The van der Waals surface area contributed by atoms with Gasteiger partial charge in [0.15, 0.2) is 20.3 Å². The second-order valence-corrected chi connectivity index (χ2v) is 8.82. The fraction of sp³-hybridized carbons (Fsp3) is 0.417. The molecule has 0 radical (unpaired) electrons. The van der Waals surface area contributed by atoms with Crippen LogP contribution in [-0.2, 0) is 9.13 Å². The Balaban J connectivity index is 0. The van der Waals surface area contributed by atoms with Crippen LogP contribution in [0.1, 0.15) is 23.2 Å². The van der Waals surface area contributed by atoms with Crippen molar-refractivity contribution in [3.8, 4) is 5.75 Å². The van der Waals surface area contributed by atoms with E-state index >= 15 is 0 Å². The fourth-order valence-electron chi connectivity index (χ4n) is 1.84. The van der Waals surface area contributed by atoms with Gasteiger partial charge in [-0.05, 0) is 31.0 Å². The zero-order valence-corrected chi connectivity index (χ0v) is 20.4. The average Bonchev–Trinajstić information content (AvgIpc) is 2.48. The fourth-order valence-corrected chi connectivity index (χ4v) is 4.00. The Morgan fingerprint density at radius 2 is 1.77 bits per heavy atom. The zero-order chi connectivity index (χ0) is 18.6. The summed E-state index contributed by atoms with van der Waals surface area (Å²) in [5.74, 6) is -0.0989. The van der Waals surface area contributed by atoms with Gasteiger partial charge in [-0.3, -0.25) is 4.79 Å². The number of nitrogens with one attached hydrogen (secondary N) is 1. The van der Waals surface area contributed by atoms with Crippen molar-refractivity contribution in [2.45, 2.75) is 17.9 Å². The molecule has 136 valence electrons. The average molecular weight is 427 g/mol. The molecule has 0 aliphatic carbocycles. The molecule has 0 bridgehead atoms. The van der Waals surface area contributed by atoms with Crippen molar-refractivity contribution < 1.29 is 102 Å². The first-order valence-corrected chi connectivity index (χ1v) is 9.80. The van der Waals surface area contributed by atoms with Gasteiger partial charge in [0.25, 0.3) is 5.91 Å². The monoisotopic (exact) mass is 427 g/mol. The first-order valence-electron chi connectivity index (χ1n) is 6.65. The van der Waals surface area contributed by atoms with Crippen LogP contribution in [0.25, 0.3) is 0 Å². The first kappa shape index (κ1) is 29.0. The van der Waals surface area contributed by atoms with Gasteiger partial charge in [0.2, 0.25) is 0 Å². The van der Waals surface area contributed by atoms with Crippen LogP contribution in [0.3, 0.4) is 0 Å². The summed E-state index contributed by atoms with van der Waals surface area (Å²) in [5, 5.41) is 8.23. The van der Waals surface area contributed by atoms with Crippen LogP contribution in [0.2, 0.25) is 0 Å². The molecule has 2 unspecified atom stereocenters. The van der Waals surface area contributed by atoms with Gasteiger partial charge in [-0.25, -0.2) is 0 Å². The quantitative estimate of drug-likeness (QED) is 0.178. The van der Waals surface area contributed by atoms with Crippen molar-refractivity contribution >= 4 is 21.1 Å². The maximum absolute atomic E-state index is 11.9. The van der Waals surface area contributed by atoms with Crippen molar-refractivity contribution in [2.24, 2.45) is 0 Å². The summed E-state index contributed by atoms with van der Waals surface area (Å²) < 4.78 is 27.0. The molecule has 0 fully saturated rings. The minimum absolute atomic E-state index is 0. The van der Waals surface area contributed by atoms with Crippen molar-refractivity contribution in [2.75, 3.05) is 13.7 Å². The number of carbonyl (C=O) groups excluding carboxylic acids is 1. The predicted molar refractivity (Wildman–Crippen MR) is 79.2 cm³/mol. The van der Waals surface area contributed by atoms with Gasteiger partial charge < -0.3 is 43.9 Å². The van der Waals surface area contributed by atoms with Gasteiger partial charge >= 0.3 is 59.1 Å². The summed E-state index contributed by atoms with van der Waals surface area (Å²) in [6.07, 6.45) is -1.36. The number of rotatable bonds is 8. The molecule has 0 aliphatic heterocycles. The molecule has 1 aromatic carbocycles. The minimum Gasteiger partial charge on any atom is -0.776 e. The number of ether oxygens (including phenoxy) is 1. The third-order valence-corrected chi connectivity index (χ3v) is 6.99. The van der Waals surface area contributed by atoms with E-state index in [2.05, 4.69) is 5.32 Å². The Morgan fingerprint density at radius 3 is 2.23 bits per heavy atom. The molecular formula is C12H17NNa2O9P2. The molecule has 0 aromatic heterocycles. The van der Waals surface area contributed by atoms with Crippen molar-refractivity contribution in [3.05, 3.63) is 29.8 Å².